The molecule has 0 N–H and O–H groups in total. The van der Waals surface area contributed by atoms with Crippen LogP contribution < -0.4 is 0 Å². The van der Waals surface area contributed by atoms with Crippen molar-refractivity contribution in [2.45, 2.75) is 58.8 Å². The van der Waals surface area contributed by atoms with Crippen molar-refractivity contribution in [1.29, 1.82) is 0 Å². The van der Waals surface area contributed by atoms with Crippen LogP contribution in [0.5, 0.6) is 0 Å². The zero-order valence-corrected chi connectivity index (χ0v) is 10.2. The van der Waals surface area contributed by atoms with E-state index < -0.39 is 0 Å². The van der Waals surface area contributed by atoms with Crippen molar-refractivity contribution >= 4 is 5.78 Å². The molecule has 1 nitrogen and oxygen atoms in total. The van der Waals surface area contributed by atoms with E-state index >= 15 is 0 Å². The van der Waals surface area contributed by atoms with Gasteiger partial charge in [0.25, 0.3) is 0 Å². The number of hydrogen-bond acceptors (Lipinski definition) is 1. The topological polar surface area (TPSA) is 17.1 Å². The van der Waals surface area contributed by atoms with E-state index in [-0.39, 0.29) is 5.92 Å². The lowest BCUT2D eigenvalue weighted by Crippen LogP contribution is -2.07. The second-order valence-electron chi connectivity index (χ2n) is 4.74. The number of unbranched alkanes of at least 4 members (excludes halogenated alkanes) is 4. The van der Waals surface area contributed by atoms with Crippen molar-refractivity contribution in [2.75, 3.05) is 0 Å². The smallest absolute Gasteiger partial charge is 0.136 e. The Labute approximate surface area is 93.9 Å². The number of hydrogen-bond donors (Lipinski definition) is 0. The summed E-state index contributed by atoms with van der Waals surface area (Å²) in [5, 5.41) is 0. The van der Waals surface area contributed by atoms with Gasteiger partial charge >= 0.3 is 0 Å². The summed E-state index contributed by atoms with van der Waals surface area (Å²) in [6.45, 7) is 4.31. The average molecular weight is 208 g/mol. The number of carbonyl (C=O) groups excluding carboxylic acids is 1. The predicted molar refractivity (Wildman–Crippen MR) is 64.8 cm³/mol. The lowest BCUT2D eigenvalue weighted by molar-refractivity contribution is -0.120. The number of carbonyl (C=O) groups is 1. The Hall–Kier alpha value is -0.590. The molecule has 0 aromatic rings. The van der Waals surface area contributed by atoms with Gasteiger partial charge in [-0.25, -0.2) is 0 Å². The second-order valence-corrected chi connectivity index (χ2v) is 4.74. The molecular weight excluding hydrogens is 184 g/mol. The van der Waals surface area contributed by atoms with Gasteiger partial charge in [0.15, 0.2) is 0 Å². The van der Waals surface area contributed by atoms with E-state index in [9.17, 15) is 4.79 Å². The third-order valence-corrected chi connectivity index (χ3v) is 3.48. The molecule has 0 bridgehead atoms. The molecule has 2 atom stereocenters. The monoisotopic (exact) mass is 208 g/mol. The Kier molecular flexibility index (Phi) is 5.67. The fourth-order valence-corrected chi connectivity index (χ4v) is 2.25. The van der Waals surface area contributed by atoms with E-state index in [0.717, 1.165) is 12.8 Å². The van der Waals surface area contributed by atoms with E-state index in [0.29, 0.717) is 11.7 Å². The number of ketones is 1. The summed E-state index contributed by atoms with van der Waals surface area (Å²) in [6.07, 6.45) is 12.9. The highest BCUT2D eigenvalue weighted by Crippen LogP contribution is 2.29. The first-order valence-electron chi connectivity index (χ1n) is 6.45. The van der Waals surface area contributed by atoms with Crippen molar-refractivity contribution in [2.24, 2.45) is 11.8 Å². The highest BCUT2D eigenvalue weighted by Gasteiger charge is 2.28. The minimum atomic E-state index is 0.275. The van der Waals surface area contributed by atoms with Crippen LogP contribution in [0.1, 0.15) is 58.8 Å². The molecule has 1 aliphatic carbocycles. The summed E-state index contributed by atoms with van der Waals surface area (Å²) in [4.78, 5) is 11.3. The SMILES string of the molecule is CCCCCC/C=C/[C@H]1CCC(=O)[C@H]1C. The Balaban J connectivity index is 2.12. The highest BCUT2D eigenvalue weighted by molar-refractivity contribution is 5.83. The first-order valence-corrected chi connectivity index (χ1v) is 6.45. The van der Waals surface area contributed by atoms with Gasteiger partial charge < -0.3 is 0 Å². The third kappa shape index (κ3) is 4.19. The molecule has 86 valence electrons. The summed E-state index contributed by atoms with van der Waals surface area (Å²) >= 11 is 0. The molecule has 0 unspecified atom stereocenters. The fraction of sp³-hybridized carbons (Fsp3) is 0.786. The van der Waals surface area contributed by atoms with Gasteiger partial charge in [0.05, 0.1) is 0 Å². The fourth-order valence-electron chi connectivity index (χ4n) is 2.25. The summed E-state index contributed by atoms with van der Waals surface area (Å²) in [5.74, 6) is 1.26. The quantitative estimate of drug-likeness (QED) is 0.474. The van der Waals surface area contributed by atoms with Gasteiger partial charge in [0.1, 0.15) is 5.78 Å². The minimum absolute atomic E-state index is 0.275. The molecule has 1 fully saturated rings. The van der Waals surface area contributed by atoms with Crippen LogP contribution in [0.25, 0.3) is 0 Å². The normalized spacial score (nSPS) is 26.7. The molecule has 0 aromatic carbocycles. The molecule has 0 heterocycles. The van der Waals surface area contributed by atoms with E-state index in [1.807, 2.05) is 0 Å². The largest absolute Gasteiger partial charge is 0.299 e. The van der Waals surface area contributed by atoms with Crippen molar-refractivity contribution < 1.29 is 4.79 Å². The predicted octanol–water partition coefficient (Wildman–Crippen LogP) is 4.13. The first-order chi connectivity index (χ1) is 7.25. The van der Waals surface area contributed by atoms with E-state index in [1.54, 1.807) is 0 Å². The lowest BCUT2D eigenvalue weighted by atomic mass is 9.97. The Morgan fingerprint density at radius 3 is 2.73 bits per heavy atom. The summed E-state index contributed by atoms with van der Waals surface area (Å²) in [6, 6.07) is 0. The van der Waals surface area contributed by atoms with Crippen LogP contribution in [0, 0.1) is 11.8 Å². The third-order valence-electron chi connectivity index (χ3n) is 3.48. The first kappa shape index (κ1) is 12.5. The molecule has 1 rings (SSSR count). The van der Waals surface area contributed by atoms with Crippen molar-refractivity contribution in [3.63, 3.8) is 0 Å². The maximum absolute atomic E-state index is 11.3. The van der Waals surface area contributed by atoms with Crippen LogP contribution in [-0.2, 0) is 4.79 Å². The van der Waals surface area contributed by atoms with Gasteiger partial charge in [-0.3, -0.25) is 4.79 Å². The van der Waals surface area contributed by atoms with Crippen molar-refractivity contribution in [1.82, 2.24) is 0 Å². The van der Waals surface area contributed by atoms with Gasteiger partial charge in [0, 0.05) is 12.3 Å². The van der Waals surface area contributed by atoms with E-state index in [1.165, 1.54) is 32.1 Å². The van der Waals surface area contributed by atoms with Crippen molar-refractivity contribution in [3.05, 3.63) is 12.2 Å². The Morgan fingerprint density at radius 1 is 1.33 bits per heavy atom. The van der Waals surface area contributed by atoms with Crippen LogP contribution in [0.3, 0.4) is 0 Å². The van der Waals surface area contributed by atoms with Gasteiger partial charge in [-0.2, -0.15) is 0 Å². The second kappa shape index (κ2) is 6.81. The molecule has 0 aromatic heterocycles. The average Bonchev–Trinajstić information content (AvgIpc) is 2.54. The van der Waals surface area contributed by atoms with Crippen LogP contribution in [0.2, 0.25) is 0 Å². The summed E-state index contributed by atoms with van der Waals surface area (Å²) in [5.41, 5.74) is 0. The van der Waals surface area contributed by atoms with Crippen LogP contribution in [-0.4, -0.2) is 5.78 Å². The Bertz CT molecular complexity index is 217. The molecule has 0 amide bonds. The van der Waals surface area contributed by atoms with E-state index in [4.69, 9.17) is 0 Å². The Morgan fingerprint density at radius 2 is 2.13 bits per heavy atom. The number of allylic oxidation sites excluding steroid dienone is 2. The van der Waals surface area contributed by atoms with Gasteiger partial charge in [0.2, 0.25) is 0 Å². The van der Waals surface area contributed by atoms with Gasteiger partial charge in [-0.05, 0) is 25.2 Å². The molecule has 1 saturated carbocycles. The number of rotatable bonds is 6. The van der Waals surface area contributed by atoms with Gasteiger partial charge in [-0.1, -0.05) is 45.3 Å². The maximum atomic E-state index is 11.3. The van der Waals surface area contributed by atoms with Gasteiger partial charge in [-0.15, -0.1) is 0 Å². The van der Waals surface area contributed by atoms with E-state index in [2.05, 4.69) is 26.0 Å². The number of Topliss-reactive ketones (excluding diaryl/α,β-unsaturated/α-hetero) is 1. The highest BCUT2D eigenvalue weighted by atomic mass is 16.1. The maximum Gasteiger partial charge on any atom is 0.136 e. The van der Waals surface area contributed by atoms with Crippen molar-refractivity contribution in [3.8, 4) is 0 Å². The zero-order chi connectivity index (χ0) is 11.1. The summed E-state index contributed by atoms with van der Waals surface area (Å²) in [7, 11) is 0. The molecule has 0 radical (unpaired) electrons. The molecule has 1 aliphatic rings. The van der Waals surface area contributed by atoms with Crippen LogP contribution in [0.15, 0.2) is 12.2 Å². The minimum Gasteiger partial charge on any atom is -0.299 e. The lowest BCUT2D eigenvalue weighted by Gasteiger charge is -2.07. The molecule has 0 spiro atoms. The molecule has 0 aliphatic heterocycles. The summed E-state index contributed by atoms with van der Waals surface area (Å²) < 4.78 is 0. The van der Waals surface area contributed by atoms with Crippen LogP contribution in [0.4, 0.5) is 0 Å². The standard InChI is InChI=1S/C14H24O/c1-3-4-5-6-7-8-9-13-10-11-14(15)12(13)2/h8-9,12-13H,3-7,10-11H2,1-2H3/b9-8+/t12-,13-/m0/s1. The molecule has 0 saturated heterocycles. The zero-order valence-electron chi connectivity index (χ0n) is 10.2. The molecule has 1 heteroatoms. The molecular formula is C14H24O. The van der Waals surface area contributed by atoms with Crippen LogP contribution >= 0.6 is 0 Å². The molecule has 15 heavy (non-hydrogen) atoms.